The van der Waals surface area contributed by atoms with Gasteiger partial charge in [0.15, 0.2) is 12.6 Å². The molecule has 0 aromatic heterocycles. The number of aldehydes is 2. The Labute approximate surface area is 120 Å². The van der Waals surface area contributed by atoms with Crippen LogP contribution in [-0.2, 0) is 9.59 Å². The lowest BCUT2D eigenvalue weighted by Crippen LogP contribution is -2.43. The Bertz CT molecular complexity index is 284. The maximum absolute atomic E-state index is 9.87. The molecule has 0 spiro atoms. The van der Waals surface area contributed by atoms with Gasteiger partial charge in [-0.05, 0) is 6.92 Å². The summed E-state index contributed by atoms with van der Waals surface area (Å²) in [6, 6.07) is 0. The minimum atomic E-state index is -1.65. The van der Waals surface area contributed by atoms with Gasteiger partial charge in [0.25, 0.3) is 0 Å². The predicted octanol–water partition coefficient (Wildman–Crippen LogP) is -5.09. The molecule has 0 aromatic carbocycles. The van der Waals surface area contributed by atoms with Crippen molar-refractivity contribution in [2.75, 3.05) is 6.61 Å². The number of hydrogen-bond donors (Lipinski definition) is 8. The Morgan fingerprint density at radius 3 is 1.43 bits per heavy atom. The second-order valence-corrected chi connectivity index (χ2v) is 4.22. The summed E-state index contributed by atoms with van der Waals surface area (Å²) in [4.78, 5) is 19.6. The second-order valence-electron chi connectivity index (χ2n) is 4.22. The fourth-order valence-corrected chi connectivity index (χ4v) is 0.984. The summed E-state index contributed by atoms with van der Waals surface area (Å²) in [5.74, 6) is 0. The van der Waals surface area contributed by atoms with Crippen molar-refractivity contribution in [3.63, 3.8) is 0 Å². The summed E-state index contributed by atoms with van der Waals surface area (Å²) in [6.45, 7) is 0.553. The summed E-state index contributed by atoms with van der Waals surface area (Å²) >= 11 is 0. The van der Waals surface area contributed by atoms with Crippen LogP contribution in [0, 0.1) is 0 Å². The maximum Gasteiger partial charge on any atom is 0.151 e. The zero-order valence-corrected chi connectivity index (χ0v) is 11.3. The third-order valence-corrected chi connectivity index (χ3v) is 2.40. The van der Waals surface area contributed by atoms with E-state index in [4.69, 9.17) is 40.9 Å². The van der Waals surface area contributed by atoms with E-state index in [2.05, 4.69) is 0 Å². The first kappa shape index (κ1) is 22.3. The normalized spacial score (nSPS) is 20.8. The van der Waals surface area contributed by atoms with Crippen molar-refractivity contribution >= 4 is 12.6 Å². The molecule has 0 bridgehead atoms. The van der Waals surface area contributed by atoms with Crippen molar-refractivity contribution in [1.29, 1.82) is 0 Å². The van der Waals surface area contributed by atoms with Crippen LogP contribution >= 0.6 is 0 Å². The molecule has 10 nitrogen and oxygen atoms in total. The average molecular weight is 314 g/mol. The van der Waals surface area contributed by atoms with Crippen molar-refractivity contribution in [3.05, 3.63) is 0 Å². The van der Waals surface area contributed by atoms with Gasteiger partial charge in [-0.15, -0.1) is 0 Å². The van der Waals surface area contributed by atoms with Crippen LogP contribution < -0.4 is 0 Å². The standard InChI is InChI=1S/C6H12O5.C5H10O5/c1-3(8)5(10)6(11)4(9)2-7;6-1-3(8)5(10)4(9)2-7/h2-6,8-11H,1H3;1,3-5,7-10H,2H2/t3-,4+,5+,6-;3-,4+,5+/m00/s1. The highest BCUT2D eigenvalue weighted by atomic mass is 16.4. The smallest absolute Gasteiger partial charge is 0.151 e. The molecule has 0 fully saturated rings. The van der Waals surface area contributed by atoms with Gasteiger partial charge in [0.2, 0.25) is 0 Å². The number of aliphatic hydroxyl groups is 8. The van der Waals surface area contributed by atoms with Crippen molar-refractivity contribution in [2.45, 2.75) is 49.7 Å². The molecule has 0 amide bonds. The molecule has 0 saturated heterocycles. The predicted molar refractivity (Wildman–Crippen MR) is 66.9 cm³/mol. The van der Waals surface area contributed by atoms with E-state index in [0.717, 1.165) is 0 Å². The van der Waals surface area contributed by atoms with Gasteiger partial charge in [-0.25, -0.2) is 0 Å². The van der Waals surface area contributed by atoms with Gasteiger partial charge >= 0.3 is 0 Å². The van der Waals surface area contributed by atoms with Gasteiger partial charge in [0.05, 0.1) is 12.7 Å². The van der Waals surface area contributed by atoms with Gasteiger partial charge in [-0.2, -0.15) is 0 Å². The maximum atomic E-state index is 9.87. The quantitative estimate of drug-likeness (QED) is 0.201. The average Bonchev–Trinajstić information content (AvgIpc) is 2.50. The van der Waals surface area contributed by atoms with Crippen molar-refractivity contribution in [1.82, 2.24) is 0 Å². The van der Waals surface area contributed by atoms with Crippen molar-refractivity contribution in [2.24, 2.45) is 0 Å². The first-order chi connectivity index (χ1) is 9.63. The largest absolute Gasteiger partial charge is 0.394 e. The van der Waals surface area contributed by atoms with E-state index >= 15 is 0 Å². The fourth-order valence-electron chi connectivity index (χ4n) is 0.984. The monoisotopic (exact) mass is 314 g/mol. The van der Waals surface area contributed by atoms with Gasteiger partial charge in [-0.3, -0.25) is 0 Å². The molecule has 0 rings (SSSR count). The molecule has 0 aromatic rings. The molecule has 0 unspecified atom stereocenters. The number of aliphatic hydroxyl groups excluding tert-OH is 8. The highest BCUT2D eigenvalue weighted by Gasteiger charge is 2.27. The number of rotatable bonds is 8. The van der Waals surface area contributed by atoms with Crippen LogP contribution in [0.4, 0.5) is 0 Å². The SMILES string of the molecule is C[C@H](O)[C@@H](O)[C@@H](O)[C@H](O)C=O.O=C[C@H](O)[C@@H](O)[C@H](O)CO. The lowest BCUT2D eigenvalue weighted by molar-refractivity contribution is -0.132. The molecule has 8 N–H and O–H groups in total. The first-order valence-electron chi connectivity index (χ1n) is 5.91. The minimum Gasteiger partial charge on any atom is -0.394 e. The van der Waals surface area contributed by atoms with Crippen molar-refractivity contribution in [3.8, 4) is 0 Å². The van der Waals surface area contributed by atoms with E-state index in [-0.39, 0.29) is 12.6 Å². The summed E-state index contributed by atoms with van der Waals surface area (Å²) in [6.07, 6.45) is -10.5. The van der Waals surface area contributed by atoms with E-state index < -0.39 is 49.3 Å². The highest BCUT2D eigenvalue weighted by molar-refractivity contribution is 5.57. The van der Waals surface area contributed by atoms with Gasteiger partial charge < -0.3 is 50.4 Å². The van der Waals surface area contributed by atoms with Gasteiger partial charge in [0, 0.05) is 0 Å². The Hall–Kier alpha value is -0.980. The van der Waals surface area contributed by atoms with Crippen LogP contribution in [0.2, 0.25) is 0 Å². The molecule has 0 aliphatic rings. The molecular weight excluding hydrogens is 292 g/mol. The van der Waals surface area contributed by atoms with Crippen molar-refractivity contribution < 1.29 is 50.4 Å². The van der Waals surface area contributed by atoms with Crippen LogP contribution in [0.1, 0.15) is 6.92 Å². The zero-order chi connectivity index (χ0) is 17.2. The van der Waals surface area contributed by atoms with E-state index in [9.17, 15) is 9.59 Å². The Morgan fingerprint density at radius 2 is 1.14 bits per heavy atom. The van der Waals surface area contributed by atoms with E-state index in [1.807, 2.05) is 0 Å². The molecular formula is C11H22O10. The minimum absolute atomic E-state index is 0.0869. The molecule has 0 saturated carbocycles. The second kappa shape index (κ2) is 11.7. The summed E-state index contributed by atoms with van der Waals surface area (Å²) in [7, 11) is 0. The third-order valence-electron chi connectivity index (χ3n) is 2.40. The Kier molecular flexibility index (Phi) is 12.4. The fraction of sp³-hybridized carbons (Fsp3) is 0.818. The van der Waals surface area contributed by atoms with E-state index in [1.54, 1.807) is 0 Å². The lowest BCUT2D eigenvalue weighted by atomic mass is 10.1. The van der Waals surface area contributed by atoms with E-state index in [0.29, 0.717) is 0 Å². The highest BCUT2D eigenvalue weighted by Crippen LogP contribution is 2.02. The molecule has 10 heteroatoms. The first-order valence-corrected chi connectivity index (χ1v) is 5.91. The van der Waals surface area contributed by atoms with Gasteiger partial charge in [0.1, 0.15) is 36.6 Å². The molecule has 0 radical (unpaired) electrons. The lowest BCUT2D eigenvalue weighted by Gasteiger charge is -2.21. The zero-order valence-electron chi connectivity index (χ0n) is 11.3. The molecule has 0 aliphatic heterocycles. The number of carbonyl (C=O) groups is 2. The van der Waals surface area contributed by atoms with Crippen LogP contribution in [0.5, 0.6) is 0 Å². The Balaban J connectivity index is 0. The third kappa shape index (κ3) is 8.80. The molecule has 7 atom stereocenters. The molecule has 21 heavy (non-hydrogen) atoms. The van der Waals surface area contributed by atoms with Crippen LogP contribution in [0.3, 0.4) is 0 Å². The summed E-state index contributed by atoms with van der Waals surface area (Å²) in [5, 5.41) is 69.2. The van der Waals surface area contributed by atoms with Gasteiger partial charge in [-0.1, -0.05) is 0 Å². The van der Waals surface area contributed by atoms with E-state index in [1.165, 1.54) is 6.92 Å². The summed E-state index contributed by atoms with van der Waals surface area (Å²) in [5.41, 5.74) is 0. The number of hydrogen-bond acceptors (Lipinski definition) is 10. The molecule has 126 valence electrons. The van der Waals surface area contributed by atoms with Crippen LogP contribution in [0.15, 0.2) is 0 Å². The molecule has 0 aliphatic carbocycles. The van der Waals surface area contributed by atoms with Crippen LogP contribution in [-0.4, -0.2) is 103 Å². The van der Waals surface area contributed by atoms with Crippen LogP contribution in [0.25, 0.3) is 0 Å². The molecule has 0 heterocycles. The topological polar surface area (TPSA) is 196 Å². The number of carbonyl (C=O) groups excluding carboxylic acids is 2. The Morgan fingerprint density at radius 1 is 0.762 bits per heavy atom. The summed E-state index contributed by atoms with van der Waals surface area (Å²) < 4.78 is 0.